The Bertz CT molecular complexity index is 1280. The molecule has 0 bridgehead atoms. The summed E-state index contributed by atoms with van der Waals surface area (Å²) in [5, 5.41) is 3.28. The summed E-state index contributed by atoms with van der Waals surface area (Å²) in [5.74, 6) is -0.560. The van der Waals surface area contributed by atoms with Crippen molar-refractivity contribution in [3.63, 3.8) is 0 Å². The summed E-state index contributed by atoms with van der Waals surface area (Å²) in [6, 6.07) is 12.1. The molecule has 0 atom stereocenters. The molecule has 4 aromatic rings. The summed E-state index contributed by atoms with van der Waals surface area (Å²) in [7, 11) is 1.62. The van der Waals surface area contributed by atoms with Gasteiger partial charge in [-0.15, -0.1) is 0 Å². The minimum absolute atomic E-state index is 0.165. The van der Waals surface area contributed by atoms with E-state index >= 15 is 0 Å². The van der Waals surface area contributed by atoms with Gasteiger partial charge < -0.3 is 10.3 Å². The first-order chi connectivity index (χ1) is 13.3. The molecule has 0 unspecified atom stereocenters. The molecule has 3 nitrogen and oxygen atoms in total. The van der Waals surface area contributed by atoms with Crippen molar-refractivity contribution in [2.24, 2.45) is 0 Å². The number of aromatic nitrogens is 1. The molecule has 4 rings (SSSR count). The van der Waals surface area contributed by atoms with Crippen molar-refractivity contribution < 1.29 is 17.6 Å². The maximum atomic E-state index is 13.9. The molecule has 0 saturated heterocycles. The number of aromatic amines is 1. The number of hydrogen-bond acceptors (Lipinski definition) is 2. The Morgan fingerprint density at radius 2 is 1.68 bits per heavy atom. The highest BCUT2D eigenvalue weighted by atomic mass is 19.4. The molecule has 0 aliphatic heterocycles. The predicted octanol–water partition coefficient (Wildman–Crippen LogP) is 5.55. The lowest BCUT2D eigenvalue weighted by atomic mass is 10.00. The molecule has 2 N–H and O–H groups in total. The zero-order valence-electron chi connectivity index (χ0n) is 14.6. The Morgan fingerprint density at radius 1 is 0.929 bits per heavy atom. The van der Waals surface area contributed by atoms with Crippen LogP contribution < -0.4 is 10.7 Å². The average Bonchev–Trinajstić information content (AvgIpc) is 2.67. The van der Waals surface area contributed by atoms with Gasteiger partial charge in [0, 0.05) is 18.0 Å². The summed E-state index contributed by atoms with van der Waals surface area (Å²) in [5.41, 5.74) is 1.06. The van der Waals surface area contributed by atoms with Gasteiger partial charge in [-0.3, -0.25) is 4.79 Å². The Balaban J connectivity index is 1.96. The first-order valence-electron chi connectivity index (χ1n) is 8.42. The van der Waals surface area contributed by atoms with Crippen LogP contribution in [0.15, 0.2) is 59.4 Å². The van der Waals surface area contributed by atoms with Crippen molar-refractivity contribution in [3.05, 3.63) is 76.2 Å². The zero-order chi connectivity index (χ0) is 20.1. The third-order valence-corrected chi connectivity index (χ3v) is 4.66. The van der Waals surface area contributed by atoms with E-state index in [2.05, 4.69) is 10.3 Å². The van der Waals surface area contributed by atoms with E-state index in [9.17, 15) is 22.4 Å². The topological polar surface area (TPSA) is 44.9 Å². The molecular formula is C21H14F4N2O. The highest BCUT2D eigenvalue weighted by molar-refractivity contribution is 5.99. The smallest absolute Gasteiger partial charge is 0.386 e. The summed E-state index contributed by atoms with van der Waals surface area (Å²) in [6.07, 6.45) is -4.46. The van der Waals surface area contributed by atoms with Crippen molar-refractivity contribution in [1.29, 1.82) is 0 Å². The van der Waals surface area contributed by atoms with E-state index in [0.717, 1.165) is 18.2 Å². The summed E-state index contributed by atoms with van der Waals surface area (Å²) >= 11 is 0. The molecule has 0 fully saturated rings. The number of hydrogen-bond donors (Lipinski definition) is 2. The number of pyridine rings is 1. The molecule has 1 heterocycles. The van der Waals surface area contributed by atoms with Gasteiger partial charge in [0.2, 0.25) is 0 Å². The fourth-order valence-corrected chi connectivity index (χ4v) is 3.29. The molecule has 0 aliphatic rings. The molecule has 0 amide bonds. The molecule has 3 aromatic carbocycles. The van der Waals surface area contributed by atoms with Crippen LogP contribution in [0.4, 0.5) is 23.2 Å². The van der Waals surface area contributed by atoms with Gasteiger partial charge in [0.1, 0.15) is 5.82 Å². The fraction of sp³-hybridized carbons (Fsp3) is 0.0952. The van der Waals surface area contributed by atoms with Crippen LogP contribution in [0.25, 0.3) is 32.9 Å². The Labute approximate surface area is 156 Å². The largest absolute Gasteiger partial charge is 0.416 e. The fourth-order valence-electron chi connectivity index (χ4n) is 3.29. The van der Waals surface area contributed by atoms with Gasteiger partial charge in [-0.1, -0.05) is 18.2 Å². The van der Waals surface area contributed by atoms with Gasteiger partial charge in [0.15, 0.2) is 5.43 Å². The van der Waals surface area contributed by atoms with Crippen LogP contribution in [0.2, 0.25) is 0 Å². The molecule has 0 aliphatic carbocycles. The van der Waals surface area contributed by atoms with Crippen LogP contribution in [-0.2, 0) is 6.18 Å². The van der Waals surface area contributed by atoms with E-state index in [1.165, 1.54) is 18.2 Å². The number of rotatable bonds is 2. The van der Waals surface area contributed by atoms with Crippen molar-refractivity contribution in [2.45, 2.75) is 6.18 Å². The van der Waals surface area contributed by atoms with Gasteiger partial charge in [-0.25, -0.2) is 4.39 Å². The van der Waals surface area contributed by atoms with E-state index in [-0.39, 0.29) is 10.8 Å². The maximum absolute atomic E-state index is 13.9. The lowest BCUT2D eigenvalue weighted by molar-refractivity contribution is -0.137. The second-order valence-electron chi connectivity index (χ2n) is 6.42. The number of halogens is 4. The van der Waals surface area contributed by atoms with E-state index in [1.807, 2.05) is 0 Å². The molecular weight excluding hydrogens is 372 g/mol. The number of fused-ring (bicyclic) bond motifs is 2. The number of H-pyrrole nitrogens is 1. The van der Waals surface area contributed by atoms with Crippen LogP contribution in [0.5, 0.6) is 0 Å². The van der Waals surface area contributed by atoms with Crippen LogP contribution in [-0.4, -0.2) is 12.0 Å². The monoisotopic (exact) mass is 386 g/mol. The minimum atomic E-state index is -4.46. The molecule has 28 heavy (non-hydrogen) atoms. The zero-order valence-corrected chi connectivity index (χ0v) is 14.6. The summed E-state index contributed by atoms with van der Waals surface area (Å²) < 4.78 is 52.8. The lowest BCUT2D eigenvalue weighted by Gasteiger charge is -2.11. The van der Waals surface area contributed by atoms with E-state index in [0.29, 0.717) is 27.8 Å². The minimum Gasteiger partial charge on any atom is -0.386 e. The van der Waals surface area contributed by atoms with Gasteiger partial charge in [-0.2, -0.15) is 13.2 Å². The number of benzene rings is 3. The highest BCUT2D eigenvalue weighted by Gasteiger charge is 2.30. The second kappa shape index (κ2) is 6.37. The average molecular weight is 386 g/mol. The molecule has 0 spiro atoms. The first kappa shape index (κ1) is 18.0. The molecule has 0 radical (unpaired) electrons. The van der Waals surface area contributed by atoms with Crippen molar-refractivity contribution in [3.8, 4) is 11.1 Å². The van der Waals surface area contributed by atoms with Gasteiger partial charge >= 0.3 is 6.18 Å². The Kier molecular flexibility index (Phi) is 4.10. The molecule has 7 heteroatoms. The van der Waals surface area contributed by atoms with Crippen molar-refractivity contribution in [2.75, 3.05) is 12.4 Å². The third kappa shape index (κ3) is 2.98. The highest BCUT2D eigenvalue weighted by Crippen LogP contribution is 2.33. The van der Waals surface area contributed by atoms with Crippen LogP contribution in [0.1, 0.15) is 5.56 Å². The van der Waals surface area contributed by atoms with E-state index in [1.54, 1.807) is 25.2 Å². The molecule has 1 aromatic heterocycles. The van der Waals surface area contributed by atoms with Crippen LogP contribution in [0.3, 0.4) is 0 Å². The first-order valence-corrected chi connectivity index (χ1v) is 8.42. The third-order valence-electron chi connectivity index (χ3n) is 4.66. The van der Waals surface area contributed by atoms with Gasteiger partial charge in [-0.05, 0) is 47.5 Å². The standard InChI is InChI=1S/C21H14F4N2O/c1-26-18-10-14(22)9-16-19(18)27-17-6-5-12(8-15(17)20(16)28)11-3-2-4-13(7-11)21(23,24)25/h2-10,26H,1H3,(H,27,28). The van der Waals surface area contributed by atoms with E-state index in [4.69, 9.17) is 0 Å². The van der Waals surface area contributed by atoms with Gasteiger partial charge in [0.05, 0.1) is 22.2 Å². The second-order valence-corrected chi connectivity index (χ2v) is 6.42. The molecule has 0 saturated carbocycles. The summed E-state index contributed by atoms with van der Waals surface area (Å²) in [4.78, 5) is 16.0. The number of anilines is 1. The Morgan fingerprint density at radius 3 is 2.39 bits per heavy atom. The molecule has 142 valence electrons. The van der Waals surface area contributed by atoms with Crippen molar-refractivity contribution in [1.82, 2.24) is 4.98 Å². The van der Waals surface area contributed by atoms with Crippen molar-refractivity contribution >= 4 is 27.5 Å². The van der Waals surface area contributed by atoms with Crippen LogP contribution >= 0.6 is 0 Å². The quantitative estimate of drug-likeness (QED) is 0.351. The summed E-state index contributed by atoms with van der Waals surface area (Å²) in [6.45, 7) is 0. The Hall–Kier alpha value is -3.35. The number of nitrogens with one attached hydrogen (secondary N) is 2. The van der Waals surface area contributed by atoms with Gasteiger partial charge in [0.25, 0.3) is 0 Å². The maximum Gasteiger partial charge on any atom is 0.416 e. The normalized spacial score (nSPS) is 11.9. The number of alkyl halides is 3. The predicted molar refractivity (Wildman–Crippen MR) is 102 cm³/mol. The lowest BCUT2D eigenvalue weighted by Crippen LogP contribution is -2.07. The van der Waals surface area contributed by atoms with E-state index < -0.39 is 23.0 Å². The SMILES string of the molecule is CNc1cc(F)cc2c(=O)c3cc(-c4cccc(C(F)(F)F)c4)ccc3[nH]c12. The van der Waals surface area contributed by atoms with Crippen LogP contribution in [0, 0.1) is 5.82 Å².